The molecular formula is C11H15F3N4O. The molecule has 1 aliphatic rings. The predicted octanol–water partition coefficient (Wildman–Crippen LogP) is 2.42. The van der Waals surface area contributed by atoms with E-state index >= 15 is 0 Å². The van der Waals surface area contributed by atoms with Crippen LogP contribution in [0.1, 0.15) is 31.5 Å². The molecule has 1 saturated carbocycles. The Bertz CT molecular complexity index is 449. The zero-order chi connectivity index (χ0) is 14.0. The Morgan fingerprint density at radius 2 is 1.95 bits per heavy atom. The van der Waals surface area contributed by atoms with Crippen LogP contribution >= 0.6 is 0 Å². The normalized spacial score (nSPS) is 24.2. The van der Waals surface area contributed by atoms with Crippen molar-refractivity contribution in [2.75, 3.05) is 5.32 Å². The lowest BCUT2D eigenvalue weighted by Gasteiger charge is -2.28. The highest BCUT2D eigenvalue weighted by atomic mass is 19.4. The van der Waals surface area contributed by atoms with Gasteiger partial charge in [-0.05, 0) is 32.6 Å². The summed E-state index contributed by atoms with van der Waals surface area (Å²) in [6, 6.07) is 0. The minimum atomic E-state index is -4.15. The van der Waals surface area contributed by atoms with Gasteiger partial charge in [-0.15, -0.1) is 5.10 Å². The van der Waals surface area contributed by atoms with Crippen LogP contribution in [0.15, 0.2) is 0 Å². The Morgan fingerprint density at radius 3 is 2.42 bits per heavy atom. The number of anilines is 1. The van der Waals surface area contributed by atoms with Crippen molar-refractivity contribution in [3.63, 3.8) is 0 Å². The van der Waals surface area contributed by atoms with Gasteiger partial charge in [0.25, 0.3) is 0 Å². The van der Waals surface area contributed by atoms with Crippen LogP contribution in [0.2, 0.25) is 0 Å². The van der Waals surface area contributed by atoms with Gasteiger partial charge in [0.15, 0.2) is 0 Å². The number of carbonyl (C=O) groups excluding carboxylic acids is 1. The molecule has 106 valence electrons. The highest BCUT2D eigenvalue weighted by molar-refractivity contribution is 5.90. The number of aromatic amines is 1. The van der Waals surface area contributed by atoms with E-state index in [1.54, 1.807) is 6.92 Å². The second-order valence-electron chi connectivity index (χ2n) is 4.82. The van der Waals surface area contributed by atoms with Crippen molar-refractivity contribution in [3.8, 4) is 0 Å². The van der Waals surface area contributed by atoms with Crippen LogP contribution in [0.25, 0.3) is 0 Å². The Balaban J connectivity index is 1.86. The smallest absolute Gasteiger partial charge is 0.293 e. The van der Waals surface area contributed by atoms with Gasteiger partial charge in [0.2, 0.25) is 11.9 Å². The summed E-state index contributed by atoms with van der Waals surface area (Å²) in [6.07, 6.45) is -3.63. The Labute approximate surface area is 108 Å². The molecule has 1 fully saturated rings. The largest absolute Gasteiger partial charge is 0.391 e. The molecule has 1 heterocycles. The van der Waals surface area contributed by atoms with E-state index in [2.05, 4.69) is 20.5 Å². The van der Waals surface area contributed by atoms with E-state index in [0.717, 1.165) is 0 Å². The van der Waals surface area contributed by atoms with Crippen molar-refractivity contribution in [1.29, 1.82) is 0 Å². The van der Waals surface area contributed by atoms with Gasteiger partial charge in [-0.3, -0.25) is 15.2 Å². The molecule has 1 aromatic rings. The summed E-state index contributed by atoms with van der Waals surface area (Å²) in [4.78, 5) is 15.8. The predicted molar refractivity (Wildman–Crippen MR) is 61.3 cm³/mol. The molecule has 0 atom stereocenters. The zero-order valence-corrected chi connectivity index (χ0v) is 10.4. The monoisotopic (exact) mass is 276 g/mol. The van der Waals surface area contributed by atoms with Crippen LogP contribution < -0.4 is 5.32 Å². The van der Waals surface area contributed by atoms with E-state index in [1.807, 2.05) is 0 Å². The van der Waals surface area contributed by atoms with Crippen LogP contribution in [-0.2, 0) is 4.79 Å². The third kappa shape index (κ3) is 3.45. The number of rotatable bonds is 2. The Hall–Kier alpha value is -1.60. The number of alkyl halides is 3. The average molecular weight is 276 g/mol. The van der Waals surface area contributed by atoms with E-state index in [1.165, 1.54) is 0 Å². The lowest BCUT2D eigenvalue weighted by molar-refractivity contribution is -0.184. The van der Waals surface area contributed by atoms with Crippen molar-refractivity contribution >= 4 is 11.9 Å². The van der Waals surface area contributed by atoms with Crippen LogP contribution in [-0.4, -0.2) is 27.3 Å². The van der Waals surface area contributed by atoms with Gasteiger partial charge < -0.3 is 0 Å². The van der Waals surface area contributed by atoms with Crippen molar-refractivity contribution < 1.29 is 18.0 Å². The van der Waals surface area contributed by atoms with Crippen molar-refractivity contribution in [2.24, 2.45) is 11.8 Å². The fraction of sp³-hybridized carbons (Fsp3) is 0.727. The minimum Gasteiger partial charge on any atom is -0.293 e. The van der Waals surface area contributed by atoms with Gasteiger partial charge in [-0.1, -0.05) is 0 Å². The van der Waals surface area contributed by atoms with Crippen molar-refractivity contribution in [1.82, 2.24) is 15.2 Å². The number of H-pyrrole nitrogens is 1. The summed E-state index contributed by atoms with van der Waals surface area (Å²) in [5.41, 5.74) is 0. The van der Waals surface area contributed by atoms with E-state index in [0.29, 0.717) is 5.82 Å². The number of halogens is 3. The molecule has 0 spiro atoms. The highest BCUT2D eigenvalue weighted by Gasteiger charge is 2.42. The molecule has 0 unspecified atom stereocenters. The lowest BCUT2D eigenvalue weighted by Crippen LogP contribution is -2.32. The molecule has 0 saturated heterocycles. The van der Waals surface area contributed by atoms with Crippen LogP contribution in [0.4, 0.5) is 19.1 Å². The number of nitrogens with one attached hydrogen (secondary N) is 2. The van der Waals surface area contributed by atoms with E-state index in [4.69, 9.17) is 0 Å². The molecule has 1 amide bonds. The molecule has 0 radical (unpaired) electrons. The van der Waals surface area contributed by atoms with Gasteiger partial charge in [0.05, 0.1) is 5.92 Å². The molecular weight excluding hydrogens is 261 g/mol. The fourth-order valence-corrected chi connectivity index (χ4v) is 2.29. The number of aromatic nitrogens is 3. The second kappa shape index (κ2) is 5.18. The van der Waals surface area contributed by atoms with Gasteiger partial charge in [-0.25, -0.2) is 0 Å². The summed E-state index contributed by atoms with van der Waals surface area (Å²) in [5.74, 6) is -1.24. The molecule has 0 aliphatic heterocycles. The topological polar surface area (TPSA) is 70.7 Å². The van der Waals surface area contributed by atoms with E-state index in [-0.39, 0.29) is 37.5 Å². The SMILES string of the molecule is Cc1nc(NC(=O)C2CCC(C(F)(F)F)CC2)n[nH]1. The van der Waals surface area contributed by atoms with Crippen LogP contribution in [0.5, 0.6) is 0 Å². The third-order valence-corrected chi connectivity index (χ3v) is 3.39. The van der Waals surface area contributed by atoms with Crippen molar-refractivity contribution in [3.05, 3.63) is 5.82 Å². The maximum atomic E-state index is 12.5. The first-order valence-electron chi connectivity index (χ1n) is 6.13. The summed E-state index contributed by atoms with van der Waals surface area (Å²) >= 11 is 0. The van der Waals surface area contributed by atoms with E-state index < -0.39 is 18.0 Å². The Morgan fingerprint density at radius 1 is 1.32 bits per heavy atom. The fourth-order valence-electron chi connectivity index (χ4n) is 2.29. The standard InChI is InChI=1S/C11H15F3N4O/c1-6-15-10(18-17-6)16-9(19)7-2-4-8(5-3-7)11(12,13)14/h7-8H,2-5H2,1H3,(H2,15,16,17,18,19). The molecule has 1 aromatic heterocycles. The molecule has 19 heavy (non-hydrogen) atoms. The number of hydrogen-bond acceptors (Lipinski definition) is 3. The maximum absolute atomic E-state index is 12.5. The lowest BCUT2D eigenvalue weighted by atomic mass is 9.81. The summed E-state index contributed by atoms with van der Waals surface area (Å²) in [5, 5.41) is 8.85. The first kappa shape index (κ1) is 13.8. The molecule has 2 rings (SSSR count). The number of aryl methyl sites for hydroxylation is 1. The molecule has 5 nitrogen and oxygen atoms in total. The first-order chi connectivity index (χ1) is 8.86. The van der Waals surface area contributed by atoms with Gasteiger partial charge in [0.1, 0.15) is 5.82 Å². The van der Waals surface area contributed by atoms with E-state index in [9.17, 15) is 18.0 Å². The molecule has 8 heteroatoms. The zero-order valence-electron chi connectivity index (χ0n) is 10.4. The number of nitrogens with zero attached hydrogens (tertiary/aromatic N) is 2. The summed E-state index contributed by atoms with van der Waals surface area (Å²) in [7, 11) is 0. The first-order valence-corrected chi connectivity index (χ1v) is 6.13. The van der Waals surface area contributed by atoms with Gasteiger partial charge in [-0.2, -0.15) is 18.2 Å². The Kier molecular flexibility index (Phi) is 3.77. The quantitative estimate of drug-likeness (QED) is 0.871. The average Bonchev–Trinajstić information content (AvgIpc) is 2.74. The third-order valence-electron chi connectivity index (χ3n) is 3.39. The number of amides is 1. The van der Waals surface area contributed by atoms with Gasteiger partial charge >= 0.3 is 6.18 Å². The minimum absolute atomic E-state index is 0.00854. The van der Waals surface area contributed by atoms with Crippen LogP contribution in [0.3, 0.4) is 0 Å². The van der Waals surface area contributed by atoms with Crippen molar-refractivity contribution in [2.45, 2.75) is 38.8 Å². The molecule has 0 bridgehead atoms. The second-order valence-corrected chi connectivity index (χ2v) is 4.82. The molecule has 0 aromatic carbocycles. The van der Waals surface area contributed by atoms with Crippen LogP contribution in [0, 0.1) is 18.8 Å². The summed E-state index contributed by atoms with van der Waals surface area (Å²) < 4.78 is 37.5. The highest BCUT2D eigenvalue weighted by Crippen LogP contribution is 2.39. The number of carbonyl (C=O) groups is 1. The molecule has 2 N–H and O–H groups in total. The summed E-state index contributed by atoms with van der Waals surface area (Å²) in [6.45, 7) is 1.69. The van der Waals surface area contributed by atoms with Gasteiger partial charge in [0, 0.05) is 5.92 Å². The molecule has 1 aliphatic carbocycles. The number of hydrogen-bond donors (Lipinski definition) is 2. The maximum Gasteiger partial charge on any atom is 0.391 e.